The van der Waals surface area contributed by atoms with Crippen molar-refractivity contribution in [2.24, 2.45) is 0 Å². The van der Waals surface area contributed by atoms with Gasteiger partial charge in [0.05, 0.1) is 6.61 Å². The fourth-order valence-corrected chi connectivity index (χ4v) is 2.73. The van der Waals surface area contributed by atoms with Gasteiger partial charge in [0, 0.05) is 44.4 Å². The first-order valence-electron chi connectivity index (χ1n) is 7.28. The summed E-state index contributed by atoms with van der Waals surface area (Å²) in [6.07, 6.45) is 0.614. The standard InChI is InChI=1S/C15H24N2O3/c1-2-20-14-5-3-4-12(15(14)19)13(6-11-18)17-9-7-16-8-10-17/h3-5,13,16,18-19H,2,6-11H2,1H3/t13-/m1/s1. The summed E-state index contributed by atoms with van der Waals surface area (Å²) in [6, 6.07) is 5.62. The Labute approximate surface area is 120 Å². The van der Waals surface area contributed by atoms with E-state index in [4.69, 9.17) is 4.74 Å². The Balaban J connectivity index is 2.25. The summed E-state index contributed by atoms with van der Waals surface area (Å²) in [5.41, 5.74) is 0.840. The Bertz CT molecular complexity index is 420. The third-order valence-electron chi connectivity index (χ3n) is 3.68. The summed E-state index contributed by atoms with van der Waals surface area (Å²) >= 11 is 0. The molecule has 0 unspecified atom stereocenters. The molecule has 1 aromatic rings. The number of rotatable bonds is 6. The molecule has 0 bridgehead atoms. The van der Waals surface area contributed by atoms with Crippen molar-refractivity contribution in [1.82, 2.24) is 10.2 Å². The number of aromatic hydroxyl groups is 1. The third kappa shape index (κ3) is 3.42. The number of ether oxygens (including phenoxy) is 1. The predicted molar refractivity (Wildman–Crippen MR) is 78.2 cm³/mol. The van der Waals surface area contributed by atoms with E-state index in [1.807, 2.05) is 19.1 Å². The van der Waals surface area contributed by atoms with Gasteiger partial charge in [-0.25, -0.2) is 0 Å². The lowest BCUT2D eigenvalue weighted by Crippen LogP contribution is -2.45. The molecular weight excluding hydrogens is 256 g/mol. The Kier molecular flexibility index (Phi) is 5.64. The maximum absolute atomic E-state index is 10.4. The van der Waals surface area contributed by atoms with Crippen molar-refractivity contribution in [3.05, 3.63) is 23.8 Å². The predicted octanol–water partition coefficient (Wildman–Crippen LogP) is 1.12. The van der Waals surface area contributed by atoms with Gasteiger partial charge in [-0.2, -0.15) is 0 Å². The van der Waals surface area contributed by atoms with Crippen LogP contribution >= 0.6 is 0 Å². The van der Waals surface area contributed by atoms with Gasteiger partial charge in [0.2, 0.25) is 0 Å². The van der Waals surface area contributed by atoms with Crippen molar-refractivity contribution in [1.29, 1.82) is 0 Å². The van der Waals surface area contributed by atoms with E-state index in [-0.39, 0.29) is 18.4 Å². The van der Waals surface area contributed by atoms with Gasteiger partial charge in [-0.15, -0.1) is 0 Å². The summed E-state index contributed by atoms with van der Waals surface area (Å²) in [6.45, 7) is 6.24. The quantitative estimate of drug-likeness (QED) is 0.729. The lowest BCUT2D eigenvalue weighted by atomic mass is 10.00. The average molecular weight is 280 g/mol. The molecule has 1 aliphatic heterocycles. The summed E-state index contributed by atoms with van der Waals surface area (Å²) in [5.74, 6) is 0.717. The maximum atomic E-state index is 10.4. The number of aliphatic hydroxyl groups excluding tert-OH is 1. The SMILES string of the molecule is CCOc1cccc([C@@H](CCO)N2CCNCC2)c1O. The molecule has 112 valence electrons. The third-order valence-corrected chi connectivity index (χ3v) is 3.68. The lowest BCUT2D eigenvalue weighted by molar-refractivity contribution is 0.138. The largest absolute Gasteiger partial charge is 0.504 e. The summed E-state index contributed by atoms with van der Waals surface area (Å²) in [4.78, 5) is 2.30. The molecule has 1 aromatic carbocycles. The number of piperazine rings is 1. The van der Waals surface area contributed by atoms with Crippen LogP contribution in [0.5, 0.6) is 11.5 Å². The molecule has 5 nitrogen and oxygen atoms in total. The number of hydrogen-bond donors (Lipinski definition) is 3. The fourth-order valence-electron chi connectivity index (χ4n) is 2.73. The van der Waals surface area contributed by atoms with E-state index in [1.54, 1.807) is 6.07 Å². The Hall–Kier alpha value is -1.30. The molecule has 2 rings (SSSR count). The van der Waals surface area contributed by atoms with Gasteiger partial charge in [0.1, 0.15) is 0 Å². The van der Waals surface area contributed by atoms with Gasteiger partial charge in [-0.05, 0) is 19.4 Å². The number of aliphatic hydroxyl groups is 1. The Morgan fingerprint density at radius 3 is 2.75 bits per heavy atom. The molecule has 0 spiro atoms. The van der Waals surface area contributed by atoms with Crippen LogP contribution in [0.4, 0.5) is 0 Å². The van der Waals surface area contributed by atoms with E-state index in [1.165, 1.54) is 0 Å². The highest BCUT2D eigenvalue weighted by Crippen LogP contribution is 2.37. The zero-order valence-electron chi connectivity index (χ0n) is 12.0. The average Bonchev–Trinajstić information content (AvgIpc) is 2.49. The highest BCUT2D eigenvalue weighted by Gasteiger charge is 2.25. The van der Waals surface area contributed by atoms with Crippen molar-refractivity contribution in [2.45, 2.75) is 19.4 Å². The van der Waals surface area contributed by atoms with E-state index in [2.05, 4.69) is 10.2 Å². The van der Waals surface area contributed by atoms with Crippen molar-refractivity contribution in [3.63, 3.8) is 0 Å². The number of para-hydroxylation sites is 1. The van der Waals surface area contributed by atoms with Crippen molar-refractivity contribution < 1.29 is 14.9 Å². The van der Waals surface area contributed by atoms with E-state index in [0.29, 0.717) is 18.8 Å². The molecule has 1 saturated heterocycles. The van der Waals surface area contributed by atoms with Crippen LogP contribution < -0.4 is 10.1 Å². The van der Waals surface area contributed by atoms with Crippen LogP contribution in [0.3, 0.4) is 0 Å². The summed E-state index contributed by atoms with van der Waals surface area (Å²) in [5, 5.41) is 23.1. The topological polar surface area (TPSA) is 65.0 Å². The molecular formula is C15H24N2O3. The van der Waals surface area contributed by atoms with Gasteiger partial charge in [0.15, 0.2) is 11.5 Å². The van der Waals surface area contributed by atoms with Crippen LogP contribution in [-0.4, -0.2) is 54.5 Å². The molecule has 1 atom stereocenters. The molecule has 1 aliphatic rings. The van der Waals surface area contributed by atoms with Crippen LogP contribution in [0, 0.1) is 0 Å². The zero-order valence-corrected chi connectivity index (χ0v) is 12.0. The molecule has 0 amide bonds. The first-order valence-corrected chi connectivity index (χ1v) is 7.28. The van der Waals surface area contributed by atoms with Crippen LogP contribution in [-0.2, 0) is 0 Å². The molecule has 1 heterocycles. The molecule has 5 heteroatoms. The number of nitrogens with one attached hydrogen (secondary N) is 1. The first-order chi connectivity index (χ1) is 9.77. The van der Waals surface area contributed by atoms with Crippen molar-refractivity contribution >= 4 is 0 Å². The number of phenols is 1. The smallest absolute Gasteiger partial charge is 0.162 e. The van der Waals surface area contributed by atoms with E-state index >= 15 is 0 Å². The van der Waals surface area contributed by atoms with Crippen LogP contribution in [0.2, 0.25) is 0 Å². The van der Waals surface area contributed by atoms with Crippen molar-refractivity contribution in [2.75, 3.05) is 39.4 Å². The minimum Gasteiger partial charge on any atom is -0.504 e. The number of nitrogens with zero attached hydrogens (tertiary/aromatic N) is 1. The van der Waals surface area contributed by atoms with Crippen LogP contribution in [0.15, 0.2) is 18.2 Å². The van der Waals surface area contributed by atoms with Crippen LogP contribution in [0.1, 0.15) is 24.9 Å². The minimum atomic E-state index is 0.0301. The number of hydrogen-bond acceptors (Lipinski definition) is 5. The lowest BCUT2D eigenvalue weighted by Gasteiger charge is -2.35. The second kappa shape index (κ2) is 7.47. The maximum Gasteiger partial charge on any atom is 0.162 e. The number of phenolic OH excluding ortho intramolecular Hbond substituents is 1. The van der Waals surface area contributed by atoms with Gasteiger partial charge in [-0.1, -0.05) is 12.1 Å². The first kappa shape index (κ1) is 15.1. The van der Waals surface area contributed by atoms with Crippen LogP contribution in [0.25, 0.3) is 0 Å². The monoisotopic (exact) mass is 280 g/mol. The second-order valence-corrected chi connectivity index (χ2v) is 4.94. The molecule has 0 aromatic heterocycles. The summed E-state index contributed by atoms with van der Waals surface area (Å²) in [7, 11) is 0. The van der Waals surface area contributed by atoms with Gasteiger partial charge in [0.25, 0.3) is 0 Å². The Morgan fingerprint density at radius 2 is 2.10 bits per heavy atom. The van der Waals surface area contributed by atoms with Crippen molar-refractivity contribution in [3.8, 4) is 11.5 Å². The summed E-state index contributed by atoms with van der Waals surface area (Å²) < 4.78 is 5.45. The highest BCUT2D eigenvalue weighted by molar-refractivity contribution is 5.47. The normalized spacial score (nSPS) is 17.9. The molecule has 0 aliphatic carbocycles. The number of benzene rings is 1. The molecule has 20 heavy (non-hydrogen) atoms. The van der Waals surface area contributed by atoms with E-state index in [9.17, 15) is 10.2 Å². The molecule has 3 N–H and O–H groups in total. The van der Waals surface area contributed by atoms with Gasteiger partial charge < -0.3 is 20.3 Å². The Morgan fingerprint density at radius 1 is 1.35 bits per heavy atom. The van der Waals surface area contributed by atoms with Gasteiger partial charge in [-0.3, -0.25) is 4.90 Å². The highest BCUT2D eigenvalue weighted by atomic mass is 16.5. The minimum absolute atomic E-state index is 0.0301. The van der Waals surface area contributed by atoms with E-state index < -0.39 is 0 Å². The van der Waals surface area contributed by atoms with Gasteiger partial charge >= 0.3 is 0 Å². The second-order valence-electron chi connectivity index (χ2n) is 4.94. The molecule has 0 radical (unpaired) electrons. The molecule has 1 fully saturated rings. The zero-order chi connectivity index (χ0) is 14.4. The molecule has 0 saturated carbocycles. The van der Waals surface area contributed by atoms with E-state index in [0.717, 1.165) is 31.7 Å². The fraction of sp³-hybridized carbons (Fsp3) is 0.600.